The van der Waals surface area contributed by atoms with Crippen molar-refractivity contribution in [3.8, 4) is 0 Å². The average molecular weight is 389 g/mol. The summed E-state index contributed by atoms with van der Waals surface area (Å²) < 4.78 is 0. The fourth-order valence-electron chi connectivity index (χ4n) is 3.62. The van der Waals surface area contributed by atoms with Gasteiger partial charge in [-0.25, -0.2) is 0 Å². The molecule has 0 aliphatic carbocycles. The lowest BCUT2D eigenvalue weighted by atomic mass is 10.2. The molecule has 1 saturated heterocycles. The number of rotatable bonds is 7. The summed E-state index contributed by atoms with van der Waals surface area (Å²) in [6, 6.07) is 19.2. The third-order valence-corrected chi connectivity index (χ3v) is 5.23. The first kappa shape index (κ1) is 19.2. The highest BCUT2D eigenvalue weighted by Crippen LogP contribution is 2.24. The van der Waals surface area contributed by atoms with Crippen molar-refractivity contribution in [3.05, 3.63) is 66.4 Å². The maximum Gasteiger partial charge on any atom is 0.247 e. The molecule has 1 N–H and O–H groups in total. The summed E-state index contributed by atoms with van der Waals surface area (Å²) >= 11 is 0. The summed E-state index contributed by atoms with van der Waals surface area (Å²) in [5.41, 5.74) is 3.50. The third kappa shape index (κ3) is 4.83. The van der Waals surface area contributed by atoms with Gasteiger partial charge in [0.1, 0.15) is 0 Å². The predicted molar refractivity (Wildman–Crippen MR) is 119 cm³/mol. The number of aromatic nitrogens is 3. The molecule has 0 bridgehead atoms. The summed E-state index contributed by atoms with van der Waals surface area (Å²) in [4.78, 5) is 9.30. The molecule has 1 aromatic heterocycles. The maximum absolute atomic E-state index is 4.72. The van der Waals surface area contributed by atoms with E-state index in [2.05, 4.69) is 87.7 Å². The Bertz CT molecular complexity index is 904. The van der Waals surface area contributed by atoms with Crippen LogP contribution >= 0.6 is 0 Å². The van der Waals surface area contributed by atoms with Gasteiger partial charge in [-0.15, -0.1) is 5.10 Å². The van der Waals surface area contributed by atoms with Crippen molar-refractivity contribution >= 4 is 23.1 Å². The molecule has 150 valence electrons. The fraction of sp³-hybridized carbons (Fsp3) is 0.348. The van der Waals surface area contributed by atoms with Gasteiger partial charge in [0.25, 0.3) is 0 Å². The summed E-state index contributed by atoms with van der Waals surface area (Å²) in [7, 11) is 0. The second-order valence-corrected chi connectivity index (χ2v) is 7.71. The number of hydrogen-bond donors (Lipinski definition) is 1. The van der Waals surface area contributed by atoms with E-state index in [0.29, 0.717) is 11.8 Å². The molecular weight excluding hydrogens is 360 g/mol. The summed E-state index contributed by atoms with van der Waals surface area (Å²) in [6.07, 6.45) is 4.23. The fourth-order valence-corrected chi connectivity index (χ4v) is 3.62. The maximum atomic E-state index is 4.72. The molecule has 0 atom stereocenters. The van der Waals surface area contributed by atoms with Gasteiger partial charge in [0.05, 0.1) is 6.20 Å². The van der Waals surface area contributed by atoms with Gasteiger partial charge in [0.2, 0.25) is 5.95 Å². The number of benzene rings is 2. The second kappa shape index (κ2) is 8.90. The summed E-state index contributed by atoms with van der Waals surface area (Å²) in [6.45, 7) is 7.33. The van der Waals surface area contributed by atoms with Gasteiger partial charge >= 0.3 is 0 Å². The normalized spacial score (nSPS) is 13.7. The smallest absolute Gasteiger partial charge is 0.247 e. The highest BCUT2D eigenvalue weighted by molar-refractivity contribution is 5.61. The average Bonchev–Trinajstić information content (AvgIpc) is 3.28. The third-order valence-electron chi connectivity index (χ3n) is 5.23. The minimum atomic E-state index is 0.256. The van der Waals surface area contributed by atoms with Gasteiger partial charge in [-0.1, -0.05) is 30.3 Å². The van der Waals surface area contributed by atoms with Crippen LogP contribution in [0.1, 0.15) is 32.3 Å². The van der Waals surface area contributed by atoms with Gasteiger partial charge in [-0.3, -0.25) is 0 Å². The lowest BCUT2D eigenvalue weighted by Crippen LogP contribution is -2.32. The van der Waals surface area contributed by atoms with Crippen LogP contribution in [0.3, 0.4) is 0 Å². The molecule has 6 heteroatoms. The molecule has 2 heterocycles. The Labute approximate surface area is 172 Å². The first-order chi connectivity index (χ1) is 14.2. The Balaban J connectivity index is 1.48. The molecule has 29 heavy (non-hydrogen) atoms. The Morgan fingerprint density at radius 3 is 2.41 bits per heavy atom. The molecule has 1 aliphatic rings. The minimum Gasteiger partial charge on any atom is -0.372 e. The molecule has 2 aromatic carbocycles. The van der Waals surface area contributed by atoms with Crippen molar-refractivity contribution in [1.29, 1.82) is 0 Å². The van der Waals surface area contributed by atoms with Crippen LogP contribution in [0.4, 0.5) is 23.1 Å². The van der Waals surface area contributed by atoms with Crippen molar-refractivity contribution in [2.75, 3.05) is 28.2 Å². The molecule has 0 saturated carbocycles. The second-order valence-electron chi connectivity index (χ2n) is 7.71. The van der Waals surface area contributed by atoms with Crippen molar-refractivity contribution < 1.29 is 0 Å². The Hall–Kier alpha value is -3.15. The zero-order chi connectivity index (χ0) is 20.1. The van der Waals surface area contributed by atoms with Gasteiger partial charge < -0.3 is 15.1 Å². The minimum absolute atomic E-state index is 0.256. The van der Waals surface area contributed by atoms with Crippen molar-refractivity contribution in [1.82, 2.24) is 15.2 Å². The molecule has 4 rings (SSSR count). The van der Waals surface area contributed by atoms with E-state index in [4.69, 9.17) is 4.98 Å². The predicted octanol–water partition coefficient (Wildman–Crippen LogP) is 4.63. The molecule has 1 aliphatic heterocycles. The van der Waals surface area contributed by atoms with E-state index in [-0.39, 0.29) is 6.04 Å². The van der Waals surface area contributed by atoms with E-state index in [1.165, 1.54) is 24.1 Å². The largest absolute Gasteiger partial charge is 0.372 e. The van der Waals surface area contributed by atoms with Crippen LogP contribution in [0, 0.1) is 0 Å². The standard InChI is InChI=1S/C23H28N6/c1-18(2)29(17-19-8-4-3-5-9-19)23-26-22(16-24-27-23)25-20-10-12-21(13-11-20)28-14-6-7-15-28/h3-5,8-13,16,18H,6-7,14-15,17H2,1-2H3,(H,25,26,27). The number of hydrogen-bond acceptors (Lipinski definition) is 6. The SMILES string of the molecule is CC(C)N(Cc1ccccc1)c1nncc(Nc2ccc(N3CCCC3)cc2)n1. The molecular formula is C23H28N6. The number of anilines is 4. The topological polar surface area (TPSA) is 57.2 Å². The van der Waals surface area contributed by atoms with Crippen LogP contribution in [-0.4, -0.2) is 34.3 Å². The first-order valence-corrected chi connectivity index (χ1v) is 10.3. The monoisotopic (exact) mass is 388 g/mol. The van der Waals surface area contributed by atoms with E-state index in [1.54, 1.807) is 6.20 Å². The van der Waals surface area contributed by atoms with Gasteiger partial charge in [0.15, 0.2) is 5.82 Å². The van der Waals surface area contributed by atoms with Crippen LogP contribution in [0.15, 0.2) is 60.8 Å². The Morgan fingerprint density at radius 1 is 1.00 bits per heavy atom. The molecule has 6 nitrogen and oxygen atoms in total. The van der Waals surface area contributed by atoms with E-state index in [1.807, 2.05) is 6.07 Å². The van der Waals surface area contributed by atoms with Crippen LogP contribution in [-0.2, 0) is 6.54 Å². The Kier molecular flexibility index (Phi) is 5.89. The van der Waals surface area contributed by atoms with E-state index in [9.17, 15) is 0 Å². The molecule has 0 unspecified atom stereocenters. The van der Waals surface area contributed by atoms with Gasteiger partial charge in [-0.05, 0) is 56.5 Å². The summed E-state index contributed by atoms with van der Waals surface area (Å²) in [5.74, 6) is 1.32. The molecule has 0 spiro atoms. The molecule has 1 fully saturated rings. The van der Waals surface area contributed by atoms with Crippen molar-refractivity contribution in [3.63, 3.8) is 0 Å². The lowest BCUT2D eigenvalue weighted by molar-refractivity contribution is 0.653. The van der Waals surface area contributed by atoms with Gasteiger partial charge in [0, 0.05) is 37.1 Å². The van der Waals surface area contributed by atoms with Crippen molar-refractivity contribution in [2.24, 2.45) is 0 Å². The summed E-state index contributed by atoms with van der Waals surface area (Å²) in [5, 5.41) is 11.8. The highest BCUT2D eigenvalue weighted by Gasteiger charge is 2.16. The first-order valence-electron chi connectivity index (χ1n) is 10.3. The van der Waals surface area contributed by atoms with Crippen LogP contribution in [0.25, 0.3) is 0 Å². The highest BCUT2D eigenvalue weighted by atomic mass is 15.3. The van der Waals surface area contributed by atoms with E-state index < -0.39 is 0 Å². The quantitative estimate of drug-likeness (QED) is 0.637. The van der Waals surface area contributed by atoms with Crippen molar-refractivity contribution in [2.45, 2.75) is 39.3 Å². The molecule has 0 amide bonds. The number of nitrogens with one attached hydrogen (secondary N) is 1. The molecule has 3 aromatic rings. The van der Waals surface area contributed by atoms with Gasteiger partial charge in [-0.2, -0.15) is 10.1 Å². The number of nitrogens with zero attached hydrogens (tertiary/aromatic N) is 5. The molecule has 0 radical (unpaired) electrons. The zero-order valence-electron chi connectivity index (χ0n) is 17.1. The Morgan fingerprint density at radius 2 is 1.72 bits per heavy atom. The van der Waals surface area contributed by atoms with Crippen LogP contribution < -0.4 is 15.1 Å². The van der Waals surface area contributed by atoms with E-state index in [0.717, 1.165) is 25.3 Å². The lowest BCUT2D eigenvalue weighted by Gasteiger charge is -2.26. The zero-order valence-corrected chi connectivity index (χ0v) is 17.1. The van der Waals surface area contributed by atoms with E-state index >= 15 is 0 Å². The van der Waals surface area contributed by atoms with Crippen LogP contribution in [0.2, 0.25) is 0 Å². The van der Waals surface area contributed by atoms with Crippen LogP contribution in [0.5, 0.6) is 0 Å².